The zero-order valence-electron chi connectivity index (χ0n) is 16.0. The lowest BCUT2D eigenvalue weighted by atomic mass is 10.1. The molecular weight excluding hydrogens is 332 g/mol. The lowest BCUT2D eigenvalue weighted by Gasteiger charge is -2.18. The fourth-order valence-electron chi connectivity index (χ4n) is 2.68. The molecule has 1 rings (SSSR count). The van der Waals surface area contributed by atoms with Crippen molar-refractivity contribution < 1.29 is 8.42 Å². The van der Waals surface area contributed by atoms with Gasteiger partial charge in [-0.15, -0.1) is 0 Å². The van der Waals surface area contributed by atoms with Gasteiger partial charge in [0.05, 0.1) is 6.26 Å². The number of likely N-dealkylation sites (N-methyl/N-ethyl adjacent to an activating group) is 1. The summed E-state index contributed by atoms with van der Waals surface area (Å²) in [6.07, 6.45) is 13.1. The van der Waals surface area contributed by atoms with E-state index in [1.165, 1.54) is 44.2 Å². The van der Waals surface area contributed by atoms with Gasteiger partial charge in [0.15, 0.2) is 0 Å². The number of benzene rings is 1. The Morgan fingerprint density at radius 3 is 2.28 bits per heavy atom. The highest BCUT2D eigenvalue weighted by atomic mass is 32.2. The summed E-state index contributed by atoms with van der Waals surface area (Å²) in [7, 11) is -3.21. The number of allylic oxidation sites excluding steroid dienone is 1. The molecule has 0 unspecified atom stereocenters. The van der Waals surface area contributed by atoms with E-state index in [1.54, 1.807) is 12.1 Å². The predicted octanol–water partition coefficient (Wildman–Crippen LogP) is 4.45. The molecule has 0 atom stereocenters. The summed E-state index contributed by atoms with van der Waals surface area (Å²) in [6.45, 7) is 7.73. The van der Waals surface area contributed by atoms with Gasteiger partial charge in [0.1, 0.15) is 0 Å². The first kappa shape index (κ1) is 21.7. The molecule has 142 valence electrons. The summed E-state index contributed by atoms with van der Waals surface area (Å²) in [4.78, 5) is 2.47. The Morgan fingerprint density at radius 1 is 1.00 bits per heavy atom. The summed E-state index contributed by atoms with van der Waals surface area (Å²) < 4.78 is 24.9. The van der Waals surface area contributed by atoms with Gasteiger partial charge in [-0.3, -0.25) is 9.62 Å². The predicted molar refractivity (Wildman–Crippen MR) is 109 cm³/mol. The summed E-state index contributed by atoms with van der Waals surface area (Å²) in [5, 5.41) is 0. The van der Waals surface area contributed by atoms with Crippen molar-refractivity contribution >= 4 is 15.7 Å². The monoisotopic (exact) mass is 366 g/mol. The van der Waals surface area contributed by atoms with Crippen LogP contribution in [0.1, 0.15) is 51.5 Å². The highest BCUT2D eigenvalue weighted by Gasteiger charge is 2.01. The molecular formula is C20H34N2O2S. The minimum absolute atomic E-state index is 0.607. The normalized spacial score (nSPS) is 12.2. The van der Waals surface area contributed by atoms with E-state index in [4.69, 9.17) is 0 Å². The standard InChI is InChI=1S/C20H34N2O2S/c1-4-6-7-8-10-17-22(5-2)18-11-9-12-19-13-15-20(16-14-19)21-25(3,23)24/h9,11,13-16,21H,4-8,10,12,17-18H2,1-3H3/b11-9+. The van der Waals surface area contributed by atoms with Gasteiger partial charge in [0, 0.05) is 12.2 Å². The van der Waals surface area contributed by atoms with Crippen LogP contribution in [0.3, 0.4) is 0 Å². The Labute approximate surface area is 154 Å². The van der Waals surface area contributed by atoms with Gasteiger partial charge < -0.3 is 0 Å². The molecule has 0 heterocycles. The molecule has 0 amide bonds. The van der Waals surface area contributed by atoms with Crippen LogP contribution in [0.15, 0.2) is 36.4 Å². The van der Waals surface area contributed by atoms with Crippen LogP contribution in [0.2, 0.25) is 0 Å². The largest absolute Gasteiger partial charge is 0.300 e. The zero-order chi connectivity index (χ0) is 18.5. The Morgan fingerprint density at radius 2 is 1.68 bits per heavy atom. The fourth-order valence-corrected chi connectivity index (χ4v) is 3.25. The molecule has 0 spiro atoms. The molecule has 1 aromatic carbocycles. The molecule has 1 N–H and O–H groups in total. The van der Waals surface area contributed by atoms with Crippen LogP contribution >= 0.6 is 0 Å². The maximum Gasteiger partial charge on any atom is 0.229 e. The molecule has 4 nitrogen and oxygen atoms in total. The highest BCUT2D eigenvalue weighted by Crippen LogP contribution is 2.11. The van der Waals surface area contributed by atoms with Crippen LogP contribution < -0.4 is 4.72 Å². The molecule has 0 aromatic heterocycles. The SMILES string of the molecule is CCCCCCCN(CC)C/C=C/Cc1ccc(NS(C)(=O)=O)cc1. The van der Waals surface area contributed by atoms with Crippen LogP contribution in [-0.4, -0.2) is 39.2 Å². The van der Waals surface area contributed by atoms with E-state index in [1.807, 2.05) is 12.1 Å². The second-order valence-corrected chi connectivity index (χ2v) is 8.30. The molecule has 0 aliphatic rings. The molecule has 0 saturated heterocycles. The Balaban J connectivity index is 2.31. The third-order valence-corrected chi connectivity index (χ3v) is 4.77. The van der Waals surface area contributed by atoms with Crippen LogP contribution in [0, 0.1) is 0 Å². The van der Waals surface area contributed by atoms with Gasteiger partial charge in [-0.1, -0.05) is 63.8 Å². The van der Waals surface area contributed by atoms with E-state index in [0.29, 0.717) is 5.69 Å². The molecule has 0 radical (unpaired) electrons. The number of rotatable bonds is 13. The summed E-state index contributed by atoms with van der Waals surface area (Å²) in [5.74, 6) is 0. The minimum atomic E-state index is -3.21. The minimum Gasteiger partial charge on any atom is -0.300 e. The van der Waals surface area contributed by atoms with Crippen molar-refractivity contribution in [2.24, 2.45) is 0 Å². The van der Waals surface area contributed by atoms with Gasteiger partial charge in [0.25, 0.3) is 0 Å². The average molecular weight is 367 g/mol. The fraction of sp³-hybridized carbons (Fsp3) is 0.600. The van der Waals surface area contributed by atoms with Gasteiger partial charge in [-0.05, 0) is 43.6 Å². The second-order valence-electron chi connectivity index (χ2n) is 6.55. The lowest BCUT2D eigenvalue weighted by molar-refractivity contribution is 0.309. The summed E-state index contributed by atoms with van der Waals surface area (Å²) in [5.41, 5.74) is 1.79. The number of unbranched alkanes of at least 4 members (excludes halogenated alkanes) is 4. The molecule has 25 heavy (non-hydrogen) atoms. The second kappa shape index (κ2) is 12.1. The maximum absolute atomic E-state index is 11.2. The third-order valence-electron chi connectivity index (χ3n) is 4.17. The van der Waals surface area contributed by atoms with Crippen LogP contribution in [0.4, 0.5) is 5.69 Å². The molecule has 1 aromatic rings. The molecule has 0 fully saturated rings. The number of anilines is 1. The lowest BCUT2D eigenvalue weighted by Crippen LogP contribution is -2.24. The average Bonchev–Trinajstić information content (AvgIpc) is 2.56. The van der Waals surface area contributed by atoms with E-state index in [2.05, 4.69) is 35.6 Å². The van der Waals surface area contributed by atoms with E-state index in [0.717, 1.165) is 25.8 Å². The number of nitrogens with zero attached hydrogens (tertiary/aromatic N) is 1. The summed E-state index contributed by atoms with van der Waals surface area (Å²) in [6, 6.07) is 7.53. The first-order valence-electron chi connectivity index (χ1n) is 9.38. The smallest absolute Gasteiger partial charge is 0.229 e. The highest BCUT2D eigenvalue weighted by molar-refractivity contribution is 7.92. The molecule has 0 aliphatic carbocycles. The maximum atomic E-state index is 11.2. The first-order chi connectivity index (χ1) is 11.9. The molecule has 5 heteroatoms. The Hall–Kier alpha value is -1.33. The van der Waals surface area contributed by atoms with Crippen LogP contribution in [-0.2, 0) is 16.4 Å². The van der Waals surface area contributed by atoms with Crippen molar-refractivity contribution in [3.63, 3.8) is 0 Å². The van der Waals surface area contributed by atoms with E-state index in [9.17, 15) is 8.42 Å². The first-order valence-corrected chi connectivity index (χ1v) is 11.3. The van der Waals surface area contributed by atoms with Gasteiger partial charge in [-0.25, -0.2) is 8.42 Å². The van der Waals surface area contributed by atoms with Crippen molar-refractivity contribution in [2.75, 3.05) is 30.6 Å². The van der Waals surface area contributed by atoms with Crippen LogP contribution in [0.25, 0.3) is 0 Å². The quantitative estimate of drug-likeness (QED) is 0.414. The number of nitrogens with one attached hydrogen (secondary N) is 1. The van der Waals surface area contributed by atoms with Gasteiger partial charge in [-0.2, -0.15) is 0 Å². The summed E-state index contributed by atoms with van der Waals surface area (Å²) >= 11 is 0. The van der Waals surface area contributed by atoms with E-state index in [-0.39, 0.29) is 0 Å². The van der Waals surface area contributed by atoms with Crippen LogP contribution in [0.5, 0.6) is 0 Å². The number of hydrogen-bond donors (Lipinski definition) is 1. The molecule has 0 saturated carbocycles. The van der Waals surface area contributed by atoms with E-state index >= 15 is 0 Å². The van der Waals surface area contributed by atoms with Crippen molar-refractivity contribution in [3.05, 3.63) is 42.0 Å². The molecule has 0 aliphatic heterocycles. The molecule has 0 bridgehead atoms. The third kappa shape index (κ3) is 11.0. The topological polar surface area (TPSA) is 49.4 Å². The van der Waals surface area contributed by atoms with Gasteiger partial charge >= 0.3 is 0 Å². The van der Waals surface area contributed by atoms with Crippen molar-refractivity contribution in [2.45, 2.75) is 52.4 Å². The Bertz CT molecular complexity index is 595. The van der Waals surface area contributed by atoms with Crippen molar-refractivity contribution in [3.8, 4) is 0 Å². The number of sulfonamides is 1. The van der Waals surface area contributed by atoms with Gasteiger partial charge in [0.2, 0.25) is 10.0 Å². The van der Waals surface area contributed by atoms with Crippen molar-refractivity contribution in [1.29, 1.82) is 0 Å². The Kier molecular flexibility index (Phi) is 10.5. The van der Waals surface area contributed by atoms with Crippen molar-refractivity contribution in [1.82, 2.24) is 4.90 Å². The van der Waals surface area contributed by atoms with E-state index < -0.39 is 10.0 Å². The zero-order valence-corrected chi connectivity index (χ0v) is 16.8. The number of hydrogen-bond acceptors (Lipinski definition) is 3.